The number of nitrogens with one attached hydrogen (secondary N) is 1. The van der Waals surface area contributed by atoms with Gasteiger partial charge in [0, 0.05) is 43.9 Å². The Kier molecular flexibility index (Phi) is 9.55. The normalized spacial score (nSPS) is 21.7. The molecule has 0 radical (unpaired) electrons. The van der Waals surface area contributed by atoms with E-state index in [2.05, 4.69) is 21.2 Å². The smallest absolute Gasteiger partial charge is 0.416 e. The first-order valence-electron chi connectivity index (χ1n) is 15.1. The average Bonchev–Trinajstić information content (AvgIpc) is 3.45. The van der Waals surface area contributed by atoms with Gasteiger partial charge in [-0.05, 0) is 54.8 Å². The van der Waals surface area contributed by atoms with E-state index in [1.807, 2.05) is 0 Å². The lowest BCUT2D eigenvalue weighted by Gasteiger charge is -2.50. The first-order valence-corrected chi connectivity index (χ1v) is 15.1. The number of esters is 1. The van der Waals surface area contributed by atoms with Gasteiger partial charge >= 0.3 is 17.8 Å². The highest BCUT2D eigenvalue weighted by atomic mass is 19.4. The van der Waals surface area contributed by atoms with Gasteiger partial charge in [-0.1, -0.05) is 12.1 Å². The Balaban J connectivity index is 0.00000139. The molecule has 3 aromatic rings. The van der Waals surface area contributed by atoms with Crippen LogP contribution in [0.3, 0.4) is 0 Å². The minimum atomic E-state index is -4.60. The number of benzene rings is 2. The van der Waals surface area contributed by atoms with E-state index in [4.69, 9.17) is 14.6 Å². The summed E-state index contributed by atoms with van der Waals surface area (Å²) in [5.74, 6) is -0.702. The molecule has 0 saturated carbocycles. The van der Waals surface area contributed by atoms with Crippen LogP contribution < -0.4 is 15.7 Å². The van der Waals surface area contributed by atoms with Gasteiger partial charge in [0.1, 0.15) is 6.04 Å². The maximum absolute atomic E-state index is 13.6. The Hall–Kier alpha value is -4.94. The van der Waals surface area contributed by atoms with Crippen molar-refractivity contribution in [2.75, 3.05) is 57.8 Å². The van der Waals surface area contributed by atoms with Crippen LogP contribution in [0.15, 0.2) is 58.5 Å². The number of aryl methyl sites for hydroxylation is 1. The van der Waals surface area contributed by atoms with Crippen LogP contribution in [-0.4, -0.2) is 89.5 Å². The SMILES string of the molecule is COC(=O)C1=C(C)N(c2cccc(C(F)(F)F)c2)c2n[nH]c(=O)n2[C@@H]1c1ccc(C#N)cc1CCC[N+]12CCN(CC1)CC2.O=C[O-]. The molecule has 1 aromatic heterocycles. The maximum Gasteiger partial charge on any atom is 0.416 e. The van der Waals surface area contributed by atoms with Crippen molar-refractivity contribution in [1.29, 1.82) is 5.26 Å². The lowest BCUT2D eigenvalue weighted by molar-refractivity contribution is -0.941. The van der Waals surface area contributed by atoms with Gasteiger partial charge in [0.05, 0.1) is 56.1 Å². The van der Waals surface area contributed by atoms with Crippen molar-refractivity contribution in [3.8, 4) is 6.07 Å². The summed E-state index contributed by atoms with van der Waals surface area (Å²) in [7, 11) is 1.22. The van der Waals surface area contributed by atoms with Crippen molar-refractivity contribution in [3.05, 3.63) is 86.5 Å². The van der Waals surface area contributed by atoms with E-state index in [1.165, 1.54) is 28.7 Å². The predicted octanol–water partition coefficient (Wildman–Crippen LogP) is 2.09. The standard InChI is InChI=1S/C31H32F3N7O3.CH2O2/c1-20-26(28(42)44-2)27(40-29(36-37-30(40)43)39(20)24-7-3-6-23(18-24)31(32,33)34)25-9-8-21(19-35)17-22(25)5-4-13-41-14-10-38(11-15-41)12-16-41;2-1-3/h3,6-9,17-18,27H,4-5,10-16H2,1-2H3;1H,(H,2,3)/t27-;/m1./s1. The Bertz CT molecular complexity index is 1770. The molecule has 3 saturated heterocycles. The van der Waals surface area contributed by atoms with Gasteiger partial charge in [-0.3, -0.25) is 9.80 Å². The lowest BCUT2D eigenvalue weighted by atomic mass is 9.88. The summed E-state index contributed by atoms with van der Waals surface area (Å²) in [4.78, 5) is 38.9. The van der Waals surface area contributed by atoms with Crippen molar-refractivity contribution in [2.24, 2.45) is 0 Å². The van der Waals surface area contributed by atoms with Crippen LogP contribution in [-0.2, 0) is 26.9 Å². The fraction of sp³-hybridized carbons (Fsp3) is 0.406. The summed E-state index contributed by atoms with van der Waals surface area (Å²) in [6.45, 7) is 8.70. The number of aromatic nitrogens is 3. The minimum Gasteiger partial charge on any atom is -0.554 e. The number of allylic oxidation sites excluding steroid dienone is 1. The maximum atomic E-state index is 13.6. The second-order valence-electron chi connectivity index (χ2n) is 11.8. The number of quaternary nitrogens is 1. The van der Waals surface area contributed by atoms with Crippen LogP contribution in [0.5, 0.6) is 0 Å². The van der Waals surface area contributed by atoms with Crippen molar-refractivity contribution in [2.45, 2.75) is 32.0 Å². The second-order valence-corrected chi connectivity index (χ2v) is 11.8. The fourth-order valence-electron chi connectivity index (χ4n) is 6.91. The number of piperazine rings is 3. The number of nitrogens with zero attached hydrogens (tertiary/aromatic N) is 6. The number of carboxylic acid groups (broad SMARTS) is 1. The largest absolute Gasteiger partial charge is 0.554 e. The molecule has 4 aliphatic heterocycles. The van der Waals surface area contributed by atoms with Gasteiger partial charge in [0.25, 0.3) is 0 Å². The van der Waals surface area contributed by atoms with Gasteiger partial charge in [0.2, 0.25) is 5.95 Å². The Morgan fingerprint density at radius 1 is 1.19 bits per heavy atom. The molecule has 0 amide bonds. The summed E-state index contributed by atoms with van der Waals surface area (Å²) < 4.78 is 48.4. The molecule has 5 heterocycles. The Morgan fingerprint density at radius 3 is 2.49 bits per heavy atom. The summed E-state index contributed by atoms with van der Waals surface area (Å²) in [5, 5.41) is 24.6. The summed E-state index contributed by atoms with van der Waals surface area (Å²) in [6.07, 6.45) is -3.15. The third-order valence-electron chi connectivity index (χ3n) is 9.30. The average molecular weight is 654 g/mol. The number of halogens is 3. The van der Waals surface area contributed by atoms with Crippen LogP contribution in [0.1, 0.15) is 41.6 Å². The molecule has 1 atom stereocenters. The number of fused-ring (bicyclic) bond motifs is 4. The van der Waals surface area contributed by atoms with E-state index in [0.29, 0.717) is 17.5 Å². The van der Waals surface area contributed by atoms with Crippen molar-refractivity contribution >= 4 is 24.1 Å². The van der Waals surface area contributed by atoms with Crippen molar-refractivity contribution in [3.63, 3.8) is 0 Å². The molecular formula is C32H34F3N7O5. The van der Waals surface area contributed by atoms with Crippen molar-refractivity contribution < 1.29 is 37.1 Å². The minimum absolute atomic E-state index is 0.0318. The monoisotopic (exact) mass is 653 g/mol. The van der Waals surface area contributed by atoms with Crippen LogP contribution in [0.4, 0.5) is 24.8 Å². The molecule has 4 aliphatic rings. The number of anilines is 2. The number of rotatable bonds is 7. The highest BCUT2D eigenvalue weighted by molar-refractivity contribution is 5.93. The van der Waals surface area contributed by atoms with E-state index in [-0.39, 0.29) is 22.9 Å². The molecule has 0 unspecified atom stereocenters. The number of carbonyl (C=O) groups is 2. The first-order chi connectivity index (χ1) is 22.5. The molecular weight excluding hydrogens is 619 g/mol. The molecule has 3 fully saturated rings. The molecule has 2 aromatic carbocycles. The summed E-state index contributed by atoms with van der Waals surface area (Å²) in [6, 6.07) is 11.0. The number of methoxy groups -OCH3 is 1. The van der Waals surface area contributed by atoms with Crippen molar-refractivity contribution in [1.82, 2.24) is 19.7 Å². The van der Waals surface area contributed by atoms with Gasteiger partial charge in [-0.25, -0.2) is 19.3 Å². The second kappa shape index (κ2) is 13.4. The van der Waals surface area contributed by atoms with Gasteiger partial charge in [-0.2, -0.15) is 18.4 Å². The van der Waals surface area contributed by atoms with Gasteiger partial charge < -0.3 is 19.1 Å². The first kappa shape index (κ1) is 33.4. The van der Waals surface area contributed by atoms with Gasteiger partial charge in [0.15, 0.2) is 0 Å². The highest BCUT2D eigenvalue weighted by Gasteiger charge is 2.42. The number of hydrogen-bond acceptors (Lipinski definition) is 9. The number of carbonyl (C=O) groups excluding carboxylic acids is 2. The van der Waals surface area contributed by atoms with E-state index < -0.39 is 35.9 Å². The zero-order valence-corrected chi connectivity index (χ0v) is 25.9. The zero-order valence-electron chi connectivity index (χ0n) is 25.9. The molecule has 12 nitrogen and oxygen atoms in total. The third kappa shape index (κ3) is 6.51. The van der Waals surface area contributed by atoms with E-state index in [9.17, 15) is 28.0 Å². The predicted molar refractivity (Wildman–Crippen MR) is 161 cm³/mol. The number of alkyl halides is 3. The van der Waals surface area contributed by atoms with Crippen LogP contribution >= 0.6 is 0 Å². The van der Waals surface area contributed by atoms with E-state index in [0.717, 1.165) is 74.4 Å². The number of nitriles is 1. The number of hydrogen-bond donors (Lipinski definition) is 1. The number of ether oxygens (including phenoxy) is 1. The highest BCUT2D eigenvalue weighted by Crippen LogP contribution is 2.43. The number of aromatic amines is 1. The molecule has 47 heavy (non-hydrogen) atoms. The Labute approximate surface area is 268 Å². The lowest BCUT2D eigenvalue weighted by Crippen LogP contribution is -2.67. The van der Waals surface area contributed by atoms with Gasteiger partial charge in [-0.15, -0.1) is 5.10 Å². The molecule has 248 valence electrons. The molecule has 0 spiro atoms. The molecule has 0 aliphatic carbocycles. The molecule has 7 rings (SSSR count). The van der Waals surface area contributed by atoms with E-state index >= 15 is 0 Å². The van der Waals surface area contributed by atoms with E-state index in [1.54, 1.807) is 25.1 Å². The topological polar surface area (TPSA) is 147 Å². The fourth-order valence-corrected chi connectivity index (χ4v) is 6.91. The molecule has 2 bridgehead atoms. The summed E-state index contributed by atoms with van der Waals surface area (Å²) in [5.41, 5.74) is 0.787. The molecule has 1 N–H and O–H groups in total. The van der Waals surface area contributed by atoms with Crippen LogP contribution in [0.25, 0.3) is 0 Å². The zero-order chi connectivity index (χ0) is 33.9. The quantitative estimate of drug-likeness (QED) is 0.230. The number of H-pyrrole nitrogens is 1. The molecule has 15 heteroatoms. The summed E-state index contributed by atoms with van der Waals surface area (Å²) >= 11 is 0. The Morgan fingerprint density at radius 2 is 1.87 bits per heavy atom. The third-order valence-corrected chi connectivity index (χ3v) is 9.30. The van der Waals surface area contributed by atoms with Crippen LogP contribution in [0, 0.1) is 11.3 Å². The van der Waals surface area contributed by atoms with Crippen LogP contribution in [0.2, 0.25) is 0 Å².